The van der Waals surface area contributed by atoms with Crippen LogP contribution < -0.4 is 11.2 Å². The Hall–Kier alpha value is -2.19. The number of aromatic amines is 1. The molecule has 2 aromatic rings. The van der Waals surface area contributed by atoms with Crippen molar-refractivity contribution in [3.63, 3.8) is 0 Å². The number of nitrogens with one attached hydrogen (secondary N) is 1. The second-order valence-corrected chi connectivity index (χ2v) is 9.91. The van der Waals surface area contributed by atoms with E-state index in [9.17, 15) is 19.8 Å². The first-order valence-corrected chi connectivity index (χ1v) is 10.3. The Labute approximate surface area is 177 Å². The van der Waals surface area contributed by atoms with Gasteiger partial charge in [0, 0.05) is 17.2 Å². The van der Waals surface area contributed by atoms with Crippen molar-refractivity contribution in [2.45, 2.75) is 46.1 Å². The molecule has 29 heavy (non-hydrogen) atoms. The average molecular weight is 464 g/mol. The van der Waals surface area contributed by atoms with Gasteiger partial charge in [-0.3, -0.25) is 14.8 Å². The minimum atomic E-state index is -0.726. The van der Waals surface area contributed by atoms with E-state index < -0.39 is 17.1 Å². The fourth-order valence-corrected chi connectivity index (χ4v) is 4.81. The van der Waals surface area contributed by atoms with Crippen molar-refractivity contribution in [2.75, 3.05) is 6.54 Å². The molecule has 0 spiro atoms. The van der Waals surface area contributed by atoms with Crippen LogP contribution in [0.4, 0.5) is 0 Å². The zero-order chi connectivity index (χ0) is 21.4. The molecule has 7 nitrogen and oxygen atoms in total. The molecule has 1 saturated carbocycles. The molecule has 1 aliphatic rings. The predicted molar refractivity (Wildman–Crippen MR) is 116 cm³/mol. The molecular weight excluding hydrogens is 438 g/mol. The number of H-pyrrole nitrogens is 1. The number of rotatable bonds is 4. The Morgan fingerprint density at radius 2 is 1.90 bits per heavy atom. The number of benzene rings is 1. The molecule has 1 aromatic carbocycles. The summed E-state index contributed by atoms with van der Waals surface area (Å²) < 4.78 is 1.86. The van der Waals surface area contributed by atoms with Gasteiger partial charge in [-0.15, -0.1) is 0 Å². The molecule has 1 fully saturated rings. The Bertz CT molecular complexity index is 1040. The van der Waals surface area contributed by atoms with Gasteiger partial charge >= 0.3 is 5.69 Å². The third-order valence-electron chi connectivity index (χ3n) is 5.32. The molecule has 3 N–H and O–H groups in total. The number of hydrogen-bond acceptors (Lipinski definition) is 5. The number of aliphatic hydroxyl groups excluding tert-OH is 1. The van der Waals surface area contributed by atoms with Crippen molar-refractivity contribution in [2.24, 2.45) is 15.8 Å². The van der Waals surface area contributed by atoms with E-state index in [1.54, 1.807) is 24.3 Å². The number of aliphatic imine (C=N–C) groups is 1. The van der Waals surface area contributed by atoms with E-state index in [1.165, 1.54) is 6.21 Å². The molecule has 8 heteroatoms. The van der Waals surface area contributed by atoms with Crippen molar-refractivity contribution < 1.29 is 10.2 Å². The zero-order valence-electron chi connectivity index (χ0n) is 16.8. The Balaban J connectivity index is 1.91. The van der Waals surface area contributed by atoms with E-state index in [2.05, 4.69) is 46.7 Å². The summed E-state index contributed by atoms with van der Waals surface area (Å²) in [7, 11) is 0. The van der Waals surface area contributed by atoms with Crippen LogP contribution >= 0.6 is 15.9 Å². The van der Waals surface area contributed by atoms with Crippen molar-refractivity contribution in [3.05, 3.63) is 55.1 Å². The summed E-state index contributed by atoms with van der Waals surface area (Å²) in [5.74, 6) is -0.459. The monoisotopic (exact) mass is 463 g/mol. The Kier molecular flexibility index (Phi) is 5.87. The summed E-state index contributed by atoms with van der Waals surface area (Å²) in [6, 6.07) is 6.77. The van der Waals surface area contributed by atoms with Crippen LogP contribution in [0.3, 0.4) is 0 Å². The highest BCUT2D eigenvalue weighted by Crippen LogP contribution is 2.46. The van der Waals surface area contributed by atoms with E-state index in [1.807, 2.05) is 0 Å². The van der Waals surface area contributed by atoms with Crippen LogP contribution in [0.2, 0.25) is 0 Å². The van der Waals surface area contributed by atoms with Gasteiger partial charge in [0.2, 0.25) is 5.88 Å². The normalized spacial score (nSPS) is 24.1. The van der Waals surface area contributed by atoms with Crippen molar-refractivity contribution in [1.29, 1.82) is 0 Å². The number of aromatic nitrogens is 2. The average Bonchev–Trinajstić information content (AvgIpc) is 2.57. The molecular formula is C21H26BrN3O4. The fourth-order valence-electron chi connectivity index (χ4n) is 4.54. The molecule has 1 aliphatic carbocycles. The fraction of sp³-hybridized carbons (Fsp3) is 0.476. The summed E-state index contributed by atoms with van der Waals surface area (Å²) in [5, 5.41) is 20.8. The van der Waals surface area contributed by atoms with E-state index in [4.69, 9.17) is 0 Å². The van der Waals surface area contributed by atoms with Gasteiger partial charge in [-0.1, -0.05) is 36.7 Å². The van der Waals surface area contributed by atoms with Gasteiger partial charge in [-0.05, 0) is 54.4 Å². The summed E-state index contributed by atoms with van der Waals surface area (Å²) in [4.78, 5) is 31.1. The first kappa shape index (κ1) is 21.5. The van der Waals surface area contributed by atoms with Crippen molar-refractivity contribution in [3.8, 4) is 11.6 Å². The van der Waals surface area contributed by atoms with Gasteiger partial charge in [0.1, 0.15) is 5.56 Å². The third kappa shape index (κ3) is 4.87. The molecule has 0 unspecified atom stereocenters. The van der Waals surface area contributed by atoms with Gasteiger partial charge in [0.05, 0.1) is 11.8 Å². The maximum atomic E-state index is 12.2. The molecule has 0 aliphatic heterocycles. The largest absolute Gasteiger partial charge is 0.493 e. The number of aliphatic hydroxyl groups is 1. The van der Waals surface area contributed by atoms with E-state index >= 15 is 0 Å². The lowest BCUT2D eigenvalue weighted by Crippen LogP contribution is -2.40. The molecule has 0 amide bonds. The molecule has 3 rings (SSSR count). The second-order valence-electron chi connectivity index (χ2n) is 8.99. The van der Waals surface area contributed by atoms with Gasteiger partial charge < -0.3 is 10.2 Å². The van der Waals surface area contributed by atoms with Crippen LogP contribution in [0.5, 0.6) is 5.88 Å². The zero-order valence-corrected chi connectivity index (χ0v) is 18.4. The predicted octanol–water partition coefficient (Wildman–Crippen LogP) is 2.99. The molecule has 1 aromatic heterocycles. The van der Waals surface area contributed by atoms with Crippen molar-refractivity contribution >= 4 is 22.1 Å². The summed E-state index contributed by atoms with van der Waals surface area (Å²) in [5.41, 5.74) is -1.27. The molecule has 156 valence electrons. The highest BCUT2D eigenvalue weighted by molar-refractivity contribution is 9.10. The molecule has 2 atom stereocenters. The van der Waals surface area contributed by atoms with Gasteiger partial charge in [-0.2, -0.15) is 0 Å². The van der Waals surface area contributed by atoms with Crippen LogP contribution in [0.25, 0.3) is 5.69 Å². The van der Waals surface area contributed by atoms with Crippen LogP contribution in [0, 0.1) is 10.8 Å². The second kappa shape index (κ2) is 7.91. The Morgan fingerprint density at radius 3 is 2.52 bits per heavy atom. The van der Waals surface area contributed by atoms with Gasteiger partial charge in [0.25, 0.3) is 5.56 Å². The van der Waals surface area contributed by atoms with Crippen molar-refractivity contribution in [1.82, 2.24) is 9.55 Å². The summed E-state index contributed by atoms with van der Waals surface area (Å²) in [6.45, 7) is 6.73. The van der Waals surface area contributed by atoms with Gasteiger partial charge in [-0.25, -0.2) is 9.36 Å². The maximum absolute atomic E-state index is 12.2. The van der Waals surface area contributed by atoms with Crippen LogP contribution in [-0.2, 0) is 0 Å². The SMILES string of the molecule is CC1(C)C[C@H](O)C[C@@](C)(CN=Cc2c(O)n(-c3ccc(Br)cc3)c(=O)[nH]c2=O)C1. The first-order chi connectivity index (χ1) is 13.5. The minimum Gasteiger partial charge on any atom is -0.493 e. The molecule has 0 radical (unpaired) electrons. The highest BCUT2D eigenvalue weighted by atomic mass is 79.9. The highest BCUT2D eigenvalue weighted by Gasteiger charge is 2.40. The number of halogens is 1. The summed E-state index contributed by atoms with van der Waals surface area (Å²) >= 11 is 3.32. The molecule has 1 heterocycles. The van der Waals surface area contributed by atoms with Crippen LogP contribution in [0.15, 0.2) is 43.3 Å². The van der Waals surface area contributed by atoms with E-state index in [0.29, 0.717) is 18.7 Å². The molecule has 0 bridgehead atoms. The smallest absolute Gasteiger partial charge is 0.335 e. The minimum absolute atomic E-state index is 0.0103. The number of hydrogen-bond donors (Lipinski definition) is 3. The number of nitrogens with zero attached hydrogens (tertiary/aromatic N) is 2. The quantitative estimate of drug-likeness (QED) is 0.605. The van der Waals surface area contributed by atoms with Gasteiger partial charge in [0.15, 0.2) is 0 Å². The van der Waals surface area contributed by atoms with E-state index in [0.717, 1.165) is 21.9 Å². The topological polar surface area (TPSA) is 108 Å². The lowest BCUT2D eigenvalue weighted by Gasteiger charge is -2.44. The third-order valence-corrected chi connectivity index (χ3v) is 5.85. The maximum Gasteiger partial charge on any atom is 0.335 e. The first-order valence-electron chi connectivity index (χ1n) is 9.52. The van der Waals surface area contributed by atoms with E-state index in [-0.39, 0.29) is 22.5 Å². The lowest BCUT2D eigenvalue weighted by atomic mass is 9.63. The Morgan fingerprint density at radius 1 is 1.24 bits per heavy atom. The lowest BCUT2D eigenvalue weighted by molar-refractivity contribution is -0.00472. The number of aromatic hydroxyl groups is 1. The van der Waals surface area contributed by atoms with Crippen LogP contribution in [-0.4, -0.2) is 38.6 Å². The standard InChI is InChI=1S/C21H26BrN3O4/c1-20(2)8-15(26)9-21(3,11-20)12-23-10-16-17(27)24-19(29)25(18(16)28)14-6-4-13(22)5-7-14/h4-7,10,15,26,28H,8-9,11-12H2,1-3H3,(H,24,27,29)/t15-,21+/m0/s1. The van der Waals surface area contributed by atoms with Crippen LogP contribution in [0.1, 0.15) is 45.6 Å². The summed E-state index contributed by atoms with van der Waals surface area (Å²) in [6.07, 6.45) is 3.21. The molecule has 0 saturated heterocycles.